The van der Waals surface area contributed by atoms with E-state index in [0.29, 0.717) is 24.6 Å². The standard InChI is InChI=1S/C19H27N3O3S/c1-15-7-5-9-17(13-15)20-21-19(23)16-8-6-10-18(14-16)26(24,25)22-11-3-2-4-12-22/h6,8,10,14-15H,2-5,7,9,11-13H2,1H3,(H,21,23)/b20-17-/t15-/m0/s1. The lowest BCUT2D eigenvalue weighted by atomic mass is 9.89. The lowest BCUT2D eigenvalue weighted by molar-refractivity contribution is 0.0954. The molecule has 0 spiro atoms. The Kier molecular flexibility index (Phi) is 6.09. The summed E-state index contributed by atoms with van der Waals surface area (Å²) in [4.78, 5) is 12.6. The molecular formula is C19H27N3O3S. The predicted molar refractivity (Wildman–Crippen MR) is 102 cm³/mol. The number of rotatable bonds is 4. The smallest absolute Gasteiger partial charge is 0.267 e. The van der Waals surface area contributed by atoms with Gasteiger partial charge in [0.2, 0.25) is 10.0 Å². The highest BCUT2D eigenvalue weighted by Crippen LogP contribution is 2.22. The first-order valence-electron chi connectivity index (χ1n) is 9.43. The average molecular weight is 378 g/mol. The van der Waals surface area contributed by atoms with Gasteiger partial charge in [-0.15, -0.1) is 0 Å². The fourth-order valence-corrected chi connectivity index (χ4v) is 5.17. The molecule has 1 aliphatic heterocycles. The highest BCUT2D eigenvalue weighted by molar-refractivity contribution is 7.89. The molecule has 1 aromatic rings. The van der Waals surface area contributed by atoms with E-state index in [0.717, 1.165) is 44.2 Å². The molecule has 3 rings (SSSR count). The number of nitrogens with one attached hydrogen (secondary N) is 1. The van der Waals surface area contributed by atoms with Crippen LogP contribution in [-0.4, -0.2) is 37.4 Å². The van der Waals surface area contributed by atoms with Crippen LogP contribution < -0.4 is 5.43 Å². The molecule has 0 unspecified atom stereocenters. The summed E-state index contributed by atoms with van der Waals surface area (Å²) in [5.41, 5.74) is 3.91. The van der Waals surface area contributed by atoms with Crippen molar-refractivity contribution in [3.63, 3.8) is 0 Å². The van der Waals surface area contributed by atoms with Crippen molar-refractivity contribution in [2.24, 2.45) is 11.0 Å². The van der Waals surface area contributed by atoms with Crippen LogP contribution in [0.3, 0.4) is 0 Å². The molecule has 0 bridgehead atoms. The molecule has 1 aliphatic carbocycles. The topological polar surface area (TPSA) is 78.8 Å². The molecule has 1 saturated carbocycles. The van der Waals surface area contributed by atoms with Gasteiger partial charge in [0.25, 0.3) is 5.91 Å². The van der Waals surface area contributed by atoms with Gasteiger partial charge in [-0.2, -0.15) is 9.41 Å². The number of amides is 1. The van der Waals surface area contributed by atoms with Crippen molar-refractivity contribution >= 4 is 21.6 Å². The van der Waals surface area contributed by atoms with E-state index in [2.05, 4.69) is 17.5 Å². The van der Waals surface area contributed by atoms with Gasteiger partial charge in [0.1, 0.15) is 0 Å². The Morgan fingerprint density at radius 3 is 2.69 bits per heavy atom. The summed E-state index contributed by atoms with van der Waals surface area (Å²) < 4.78 is 27.1. The van der Waals surface area contributed by atoms with Crippen LogP contribution in [0, 0.1) is 5.92 Å². The van der Waals surface area contributed by atoms with Gasteiger partial charge in [0.15, 0.2) is 0 Å². The maximum Gasteiger partial charge on any atom is 0.271 e. The summed E-state index contributed by atoms with van der Waals surface area (Å²) >= 11 is 0. The van der Waals surface area contributed by atoms with Gasteiger partial charge >= 0.3 is 0 Å². The van der Waals surface area contributed by atoms with Crippen LogP contribution in [0.15, 0.2) is 34.3 Å². The molecule has 142 valence electrons. The number of hydrogen-bond acceptors (Lipinski definition) is 4. The SMILES string of the molecule is C[C@H]1CCC/C(=N/NC(=O)c2cccc(S(=O)(=O)N3CCCCC3)c2)C1. The molecule has 1 saturated heterocycles. The fraction of sp³-hybridized carbons (Fsp3) is 0.579. The Balaban J connectivity index is 1.72. The third-order valence-corrected chi connectivity index (χ3v) is 7.01. The van der Waals surface area contributed by atoms with E-state index < -0.39 is 10.0 Å². The molecule has 1 amide bonds. The highest BCUT2D eigenvalue weighted by Gasteiger charge is 2.26. The van der Waals surface area contributed by atoms with Crippen molar-refractivity contribution in [1.29, 1.82) is 0 Å². The van der Waals surface area contributed by atoms with Crippen molar-refractivity contribution in [1.82, 2.24) is 9.73 Å². The van der Waals surface area contributed by atoms with Crippen LogP contribution in [0.4, 0.5) is 0 Å². The number of carbonyl (C=O) groups is 1. The number of sulfonamides is 1. The normalized spacial score (nSPS) is 23.7. The summed E-state index contributed by atoms with van der Waals surface area (Å²) in [6, 6.07) is 6.23. The minimum Gasteiger partial charge on any atom is -0.267 e. The van der Waals surface area contributed by atoms with Gasteiger partial charge in [-0.25, -0.2) is 13.8 Å². The third kappa shape index (κ3) is 4.51. The Labute approximate surface area is 155 Å². The van der Waals surface area contributed by atoms with E-state index in [1.54, 1.807) is 18.2 Å². The van der Waals surface area contributed by atoms with E-state index in [1.807, 2.05) is 0 Å². The van der Waals surface area contributed by atoms with Crippen LogP contribution in [0.5, 0.6) is 0 Å². The zero-order valence-corrected chi connectivity index (χ0v) is 16.1. The number of nitrogens with zero attached hydrogens (tertiary/aromatic N) is 2. The van der Waals surface area contributed by atoms with Crippen LogP contribution in [0.1, 0.15) is 62.2 Å². The van der Waals surface area contributed by atoms with Gasteiger partial charge in [0.05, 0.1) is 4.90 Å². The predicted octanol–water partition coefficient (Wildman–Crippen LogP) is 3.16. The van der Waals surface area contributed by atoms with Gasteiger partial charge < -0.3 is 0 Å². The third-order valence-electron chi connectivity index (χ3n) is 5.11. The van der Waals surface area contributed by atoms with Crippen LogP contribution in [-0.2, 0) is 10.0 Å². The average Bonchev–Trinajstić information content (AvgIpc) is 2.67. The summed E-state index contributed by atoms with van der Waals surface area (Å²) in [6.07, 6.45) is 6.94. The lowest BCUT2D eigenvalue weighted by Crippen LogP contribution is -2.35. The summed E-state index contributed by atoms with van der Waals surface area (Å²) in [7, 11) is -3.54. The summed E-state index contributed by atoms with van der Waals surface area (Å²) in [5.74, 6) is 0.226. The molecule has 6 nitrogen and oxygen atoms in total. The first-order valence-corrected chi connectivity index (χ1v) is 10.9. The van der Waals surface area contributed by atoms with Crippen LogP contribution >= 0.6 is 0 Å². The molecule has 1 heterocycles. The van der Waals surface area contributed by atoms with E-state index in [4.69, 9.17) is 0 Å². The number of piperidine rings is 1. The second-order valence-corrected chi connectivity index (χ2v) is 9.25. The molecule has 2 fully saturated rings. The summed E-state index contributed by atoms with van der Waals surface area (Å²) in [5, 5.41) is 4.25. The lowest BCUT2D eigenvalue weighted by Gasteiger charge is -2.26. The van der Waals surface area contributed by atoms with Gasteiger partial charge in [-0.05, 0) is 62.6 Å². The second kappa shape index (κ2) is 8.31. The minimum atomic E-state index is -3.54. The van der Waals surface area contributed by atoms with Crippen molar-refractivity contribution in [2.75, 3.05) is 13.1 Å². The fourth-order valence-electron chi connectivity index (χ4n) is 3.61. The van der Waals surface area contributed by atoms with E-state index in [9.17, 15) is 13.2 Å². The highest BCUT2D eigenvalue weighted by atomic mass is 32.2. The largest absolute Gasteiger partial charge is 0.271 e. The minimum absolute atomic E-state index is 0.172. The molecule has 1 aromatic carbocycles. The number of hydrogen-bond donors (Lipinski definition) is 1. The molecule has 26 heavy (non-hydrogen) atoms. The van der Waals surface area contributed by atoms with Crippen LogP contribution in [0.2, 0.25) is 0 Å². The molecule has 1 N–H and O–H groups in total. The number of hydrazone groups is 1. The monoisotopic (exact) mass is 377 g/mol. The quantitative estimate of drug-likeness (QED) is 0.819. The molecule has 0 radical (unpaired) electrons. The zero-order chi connectivity index (χ0) is 18.6. The Bertz CT molecular complexity index is 783. The second-order valence-electron chi connectivity index (χ2n) is 7.31. The van der Waals surface area contributed by atoms with Gasteiger partial charge in [-0.3, -0.25) is 4.79 Å². The van der Waals surface area contributed by atoms with E-state index in [-0.39, 0.29) is 10.8 Å². The zero-order valence-electron chi connectivity index (χ0n) is 15.3. The maximum absolute atomic E-state index is 12.8. The molecule has 7 heteroatoms. The van der Waals surface area contributed by atoms with E-state index >= 15 is 0 Å². The van der Waals surface area contributed by atoms with Crippen molar-refractivity contribution < 1.29 is 13.2 Å². The molecule has 2 aliphatic rings. The van der Waals surface area contributed by atoms with Crippen molar-refractivity contribution in [2.45, 2.75) is 56.8 Å². The van der Waals surface area contributed by atoms with E-state index in [1.165, 1.54) is 16.8 Å². The molecular weight excluding hydrogens is 350 g/mol. The van der Waals surface area contributed by atoms with Crippen LogP contribution in [0.25, 0.3) is 0 Å². The Morgan fingerprint density at radius 2 is 1.96 bits per heavy atom. The van der Waals surface area contributed by atoms with Crippen molar-refractivity contribution in [3.05, 3.63) is 29.8 Å². The first kappa shape index (κ1) is 19.0. The first-order chi connectivity index (χ1) is 12.5. The Morgan fingerprint density at radius 1 is 1.19 bits per heavy atom. The maximum atomic E-state index is 12.8. The number of benzene rings is 1. The summed E-state index contributed by atoms with van der Waals surface area (Å²) in [6.45, 7) is 3.28. The van der Waals surface area contributed by atoms with Crippen molar-refractivity contribution in [3.8, 4) is 0 Å². The molecule has 0 aromatic heterocycles. The van der Waals surface area contributed by atoms with Gasteiger partial charge in [-0.1, -0.05) is 19.4 Å². The van der Waals surface area contributed by atoms with Gasteiger partial charge in [0, 0.05) is 24.4 Å². The number of carbonyl (C=O) groups excluding carboxylic acids is 1. The Hall–Kier alpha value is -1.73. The molecule has 1 atom stereocenters.